The molecule has 0 unspecified atom stereocenters. The molecule has 2 aromatic rings. The zero-order chi connectivity index (χ0) is 12.4. The van der Waals surface area contributed by atoms with Crippen molar-refractivity contribution in [3.05, 3.63) is 28.3 Å². The van der Waals surface area contributed by atoms with Crippen LogP contribution < -0.4 is 10.5 Å². The molecular weight excluding hydrogens is 293 g/mol. The Bertz CT molecular complexity index is 544. The van der Waals surface area contributed by atoms with Gasteiger partial charge in [0.1, 0.15) is 11.6 Å². The largest absolute Gasteiger partial charge is 0.497 e. The lowest BCUT2D eigenvalue weighted by atomic mass is 10.2. The van der Waals surface area contributed by atoms with Crippen molar-refractivity contribution < 1.29 is 13.7 Å². The van der Waals surface area contributed by atoms with Crippen molar-refractivity contribution in [2.24, 2.45) is 5.73 Å². The second-order valence-electron chi connectivity index (χ2n) is 3.19. The molecule has 0 spiro atoms. The first kappa shape index (κ1) is 12.0. The van der Waals surface area contributed by atoms with E-state index in [0.717, 1.165) is 0 Å². The number of hydrogen-bond acceptors (Lipinski definition) is 5. The van der Waals surface area contributed by atoms with Crippen LogP contribution in [0.2, 0.25) is 0 Å². The Morgan fingerprint density at radius 3 is 2.88 bits per heavy atom. The SMILES string of the molecule is COc1cc(Br)c(F)c(-c2noc(CN)n2)c1. The lowest BCUT2D eigenvalue weighted by Gasteiger charge is -2.04. The molecule has 0 aliphatic carbocycles. The van der Waals surface area contributed by atoms with Gasteiger partial charge in [0, 0.05) is 0 Å². The molecule has 0 amide bonds. The molecule has 0 radical (unpaired) electrons. The minimum Gasteiger partial charge on any atom is -0.497 e. The molecule has 0 atom stereocenters. The van der Waals surface area contributed by atoms with Crippen LogP contribution in [0.25, 0.3) is 11.4 Å². The topological polar surface area (TPSA) is 74.2 Å². The van der Waals surface area contributed by atoms with Gasteiger partial charge in [-0.05, 0) is 28.1 Å². The van der Waals surface area contributed by atoms with Crippen molar-refractivity contribution in [2.45, 2.75) is 6.54 Å². The lowest BCUT2D eigenvalue weighted by Crippen LogP contribution is -1.96. The number of rotatable bonds is 3. The first-order valence-corrected chi connectivity index (χ1v) is 5.51. The van der Waals surface area contributed by atoms with E-state index >= 15 is 0 Å². The van der Waals surface area contributed by atoms with E-state index < -0.39 is 5.82 Å². The van der Waals surface area contributed by atoms with E-state index in [-0.39, 0.29) is 28.3 Å². The predicted octanol–water partition coefficient (Wildman–Crippen LogP) is 2.11. The van der Waals surface area contributed by atoms with E-state index in [1.165, 1.54) is 19.2 Å². The van der Waals surface area contributed by atoms with Crippen molar-refractivity contribution in [1.29, 1.82) is 0 Å². The molecule has 1 aromatic heterocycles. The average Bonchev–Trinajstić information content (AvgIpc) is 2.81. The van der Waals surface area contributed by atoms with Crippen LogP contribution in [-0.2, 0) is 6.54 Å². The maximum Gasteiger partial charge on any atom is 0.240 e. The highest BCUT2D eigenvalue weighted by molar-refractivity contribution is 9.10. The molecule has 90 valence electrons. The molecule has 5 nitrogen and oxygen atoms in total. The van der Waals surface area contributed by atoms with Crippen LogP contribution in [0.15, 0.2) is 21.1 Å². The normalized spacial score (nSPS) is 10.6. The monoisotopic (exact) mass is 301 g/mol. The maximum atomic E-state index is 13.9. The molecule has 2 rings (SSSR count). The third-order valence-electron chi connectivity index (χ3n) is 2.12. The predicted molar refractivity (Wildman–Crippen MR) is 61.8 cm³/mol. The van der Waals surface area contributed by atoms with Crippen LogP contribution >= 0.6 is 15.9 Å². The standard InChI is InChI=1S/C10H9BrFN3O2/c1-16-5-2-6(9(12)7(11)3-5)10-14-8(4-13)17-15-10/h2-3H,4,13H2,1H3. The summed E-state index contributed by atoms with van der Waals surface area (Å²) in [4.78, 5) is 3.96. The van der Waals surface area contributed by atoms with Gasteiger partial charge in [-0.1, -0.05) is 5.16 Å². The highest BCUT2D eigenvalue weighted by Crippen LogP contribution is 2.31. The van der Waals surface area contributed by atoms with E-state index in [1.54, 1.807) is 0 Å². The number of halogens is 2. The average molecular weight is 302 g/mol. The van der Waals surface area contributed by atoms with Crippen molar-refractivity contribution in [2.75, 3.05) is 7.11 Å². The van der Waals surface area contributed by atoms with Gasteiger partial charge in [0.05, 0.1) is 23.7 Å². The molecule has 1 heterocycles. The molecule has 2 N–H and O–H groups in total. The summed E-state index contributed by atoms with van der Waals surface area (Å²) in [5, 5.41) is 3.65. The number of methoxy groups -OCH3 is 1. The zero-order valence-electron chi connectivity index (χ0n) is 8.91. The summed E-state index contributed by atoms with van der Waals surface area (Å²) in [5.74, 6) is 0.406. The number of benzene rings is 1. The first-order chi connectivity index (χ1) is 8.15. The van der Waals surface area contributed by atoms with Gasteiger partial charge in [0.15, 0.2) is 0 Å². The Morgan fingerprint density at radius 1 is 1.53 bits per heavy atom. The Labute approximate surface area is 105 Å². The molecule has 0 bridgehead atoms. The summed E-state index contributed by atoms with van der Waals surface area (Å²) < 4.78 is 24.0. The minimum atomic E-state index is -0.477. The number of nitrogens with two attached hydrogens (primary N) is 1. The fourth-order valence-corrected chi connectivity index (χ4v) is 1.73. The van der Waals surface area contributed by atoms with Gasteiger partial charge >= 0.3 is 0 Å². The number of aromatic nitrogens is 2. The van der Waals surface area contributed by atoms with Crippen LogP contribution in [0.5, 0.6) is 5.75 Å². The van der Waals surface area contributed by atoms with E-state index in [1.807, 2.05) is 0 Å². The second-order valence-corrected chi connectivity index (χ2v) is 4.04. The highest BCUT2D eigenvalue weighted by atomic mass is 79.9. The Morgan fingerprint density at radius 2 is 2.29 bits per heavy atom. The second kappa shape index (κ2) is 4.80. The Balaban J connectivity index is 2.53. The van der Waals surface area contributed by atoms with Gasteiger partial charge in [-0.15, -0.1) is 0 Å². The van der Waals surface area contributed by atoms with E-state index in [4.69, 9.17) is 15.0 Å². The molecule has 0 saturated heterocycles. The molecule has 0 aliphatic rings. The van der Waals surface area contributed by atoms with Crippen LogP contribution in [0, 0.1) is 5.82 Å². The van der Waals surface area contributed by atoms with Crippen molar-refractivity contribution in [1.82, 2.24) is 10.1 Å². The fraction of sp³-hybridized carbons (Fsp3) is 0.200. The number of hydrogen-bond donors (Lipinski definition) is 1. The Hall–Kier alpha value is -1.47. The van der Waals surface area contributed by atoms with E-state index in [0.29, 0.717) is 5.75 Å². The number of nitrogens with zero attached hydrogens (tertiary/aromatic N) is 2. The first-order valence-electron chi connectivity index (χ1n) is 4.71. The van der Waals surface area contributed by atoms with Gasteiger partial charge in [0.25, 0.3) is 0 Å². The third kappa shape index (κ3) is 2.29. The summed E-state index contributed by atoms with van der Waals surface area (Å²) in [6, 6.07) is 3.01. The maximum absolute atomic E-state index is 13.9. The number of ether oxygens (including phenoxy) is 1. The Kier molecular flexibility index (Phi) is 3.39. The minimum absolute atomic E-state index is 0.111. The molecule has 17 heavy (non-hydrogen) atoms. The molecule has 0 saturated carbocycles. The molecule has 1 aromatic carbocycles. The van der Waals surface area contributed by atoms with Crippen LogP contribution in [-0.4, -0.2) is 17.3 Å². The van der Waals surface area contributed by atoms with Gasteiger partial charge in [0.2, 0.25) is 11.7 Å². The van der Waals surface area contributed by atoms with Gasteiger partial charge in [-0.25, -0.2) is 4.39 Å². The molecule has 0 fully saturated rings. The fourth-order valence-electron chi connectivity index (χ4n) is 1.29. The van der Waals surface area contributed by atoms with Gasteiger partial charge in [-0.2, -0.15) is 4.98 Å². The van der Waals surface area contributed by atoms with Crippen molar-refractivity contribution >= 4 is 15.9 Å². The summed E-state index contributed by atoms with van der Waals surface area (Å²) in [6.07, 6.45) is 0. The summed E-state index contributed by atoms with van der Waals surface area (Å²) in [5.41, 5.74) is 5.54. The summed E-state index contributed by atoms with van der Waals surface area (Å²) in [7, 11) is 1.49. The van der Waals surface area contributed by atoms with E-state index in [9.17, 15) is 4.39 Å². The lowest BCUT2D eigenvalue weighted by molar-refractivity contribution is 0.380. The van der Waals surface area contributed by atoms with Gasteiger partial charge in [-0.3, -0.25) is 0 Å². The molecule has 7 heteroatoms. The van der Waals surface area contributed by atoms with Crippen LogP contribution in [0.1, 0.15) is 5.89 Å². The van der Waals surface area contributed by atoms with Gasteiger partial charge < -0.3 is 15.0 Å². The molecular formula is C10H9BrFN3O2. The smallest absolute Gasteiger partial charge is 0.240 e. The van der Waals surface area contributed by atoms with Crippen molar-refractivity contribution in [3.63, 3.8) is 0 Å². The zero-order valence-corrected chi connectivity index (χ0v) is 10.5. The summed E-state index contributed by atoms with van der Waals surface area (Å²) in [6.45, 7) is 0.111. The van der Waals surface area contributed by atoms with E-state index in [2.05, 4.69) is 26.1 Å². The van der Waals surface area contributed by atoms with Crippen LogP contribution in [0.4, 0.5) is 4.39 Å². The quantitative estimate of drug-likeness (QED) is 0.940. The third-order valence-corrected chi connectivity index (χ3v) is 2.70. The molecule has 0 aliphatic heterocycles. The summed E-state index contributed by atoms with van der Waals surface area (Å²) >= 11 is 3.09. The highest BCUT2D eigenvalue weighted by Gasteiger charge is 2.16. The van der Waals surface area contributed by atoms with Crippen molar-refractivity contribution in [3.8, 4) is 17.1 Å². The van der Waals surface area contributed by atoms with Crippen LogP contribution in [0.3, 0.4) is 0 Å².